The van der Waals surface area contributed by atoms with Gasteiger partial charge in [-0.1, -0.05) is 15.9 Å². The summed E-state index contributed by atoms with van der Waals surface area (Å²) in [5.74, 6) is 0. The molecule has 0 spiro atoms. The van der Waals surface area contributed by atoms with E-state index >= 15 is 0 Å². The van der Waals surface area contributed by atoms with Crippen LogP contribution in [0, 0.1) is 0 Å². The Morgan fingerprint density at radius 3 is 2.90 bits per heavy atom. The summed E-state index contributed by atoms with van der Waals surface area (Å²) in [5, 5.41) is 12.7. The van der Waals surface area contributed by atoms with Crippen molar-refractivity contribution < 1.29 is 9.84 Å². The monoisotopic (exact) mass is 342 g/mol. The molecule has 2 rings (SSSR count). The highest BCUT2D eigenvalue weighted by molar-refractivity contribution is 9.10. The molecule has 1 aliphatic heterocycles. The summed E-state index contributed by atoms with van der Waals surface area (Å²) in [6, 6.07) is 6.63. The Morgan fingerprint density at radius 1 is 1.50 bits per heavy atom. The topological polar surface area (TPSA) is 44.7 Å². The van der Waals surface area contributed by atoms with E-state index < -0.39 is 0 Å². The number of aliphatic hydroxyl groups is 1. The molecule has 0 aromatic heterocycles. The zero-order valence-corrected chi connectivity index (χ0v) is 13.9. The lowest BCUT2D eigenvalue weighted by Gasteiger charge is -2.39. The standard InChI is InChI=1S/C15H23BrN2O2/c1-10-7-18(8-13(9-19)20-10)15-5-4-12(16)6-14(15)11(2)17-3/h4-6,10-11,13,17,19H,7-9H2,1-3H3. The maximum absolute atomic E-state index is 9.37. The molecule has 0 saturated carbocycles. The van der Waals surface area contributed by atoms with Crippen molar-refractivity contribution in [1.82, 2.24) is 5.32 Å². The van der Waals surface area contributed by atoms with E-state index in [9.17, 15) is 5.11 Å². The molecule has 4 nitrogen and oxygen atoms in total. The molecule has 0 radical (unpaired) electrons. The van der Waals surface area contributed by atoms with Crippen LogP contribution in [0.15, 0.2) is 22.7 Å². The fraction of sp³-hybridized carbons (Fsp3) is 0.600. The first-order valence-corrected chi connectivity index (χ1v) is 7.82. The highest BCUT2D eigenvalue weighted by Crippen LogP contribution is 2.31. The summed E-state index contributed by atoms with van der Waals surface area (Å²) in [4.78, 5) is 2.31. The second kappa shape index (κ2) is 6.89. The van der Waals surface area contributed by atoms with Crippen molar-refractivity contribution in [2.45, 2.75) is 32.1 Å². The molecule has 1 fully saturated rings. The van der Waals surface area contributed by atoms with E-state index in [2.05, 4.69) is 58.2 Å². The highest BCUT2D eigenvalue weighted by Gasteiger charge is 2.26. The minimum Gasteiger partial charge on any atom is -0.394 e. The minimum absolute atomic E-state index is 0.0638. The predicted molar refractivity (Wildman–Crippen MR) is 85.3 cm³/mol. The summed E-state index contributed by atoms with van der Waals surface area (Å²) in [6.07, 6.45) is 0.0161. The van der Waals surface area contributed by atoms with Gasteiger partial charge in [0.15, 0.2) is 0 Å². The van der Waals surface area contributed by atoms with Gasteiger partial charge in [-0.15, -0.1) is 0 Å². The molecular weight excluding hydrogens is 320 g/mol. The molecule has 1 heterocycles. The molecule has 1 aromatic rings. The fourth-order valence-electron chi connectivity index (χ4n) is 2.66. The van der Waals surface area contributed by atoms with Crippen LogP contribution in [-0.4, -0.2) is 44.1 Å². The average Bonchev–Trinajstić information content (AvgIpc) is 2.45. The molecule has 112 valence electrons. The normalized spacial score (nSPS) is 24.8. The third-order valence-corrected chi connectivity index (χ3v) is 4.25. The molecule has 2 N–H and O–H groups in total. The maximum Gasteiger partial charge on any atom is 0.0984 e. The van der Waals surface area contributed by atoms with Gasteiger partial charge >= 0.3 is 0 Å². The van der Waals surface area contributed by atoms with E-state index in [0.29, 0.717) is 0 Å². The van der Waals surface area contributed by atoms with E-state index in [1.807, 2.05) is 7.05 Å². The first kappa shape index (κ1) is 15.8. The van der Waals surface area contributed by atoms with Crippen LogP contribution in [-0.2, 0) is 4.74 Å². The smallest absolute Gasteiger partial charge is 0.0984 e. The van der Waals surface area contributed by atoms with Gasteiger partial charge in [0, 0.05) is 29.3 Å². The van der Waals surface area contributed by atoms with Crippen LogP contribution >= 0.6 is 15.9 Å². The molecule has 0 aliphatic carbocycles. The lowest BCUT2D eigenvalue weighted by molar-refractivity contribution is -0.0421. The quantitative estimate of drug-likeness (QED) is 0.881. The number of nitrogens with zero attached hydrogens (tertiary/aromatic N) is 1. The van der Waals surface area contributed by atoms with Crippen LogP contribution in [0.3, 0.4) is 0 Å². The maximum atomic E-state index is 9.37. The van der Waals surface area contributed by atoms with Gasteiger partial charge in [-0.05, 0) is 44.7 Å². The zero-order valence-electron chi connectivity index (χ0n) is 12.3. The summed E-state index contributed by atoms with van der Waals surface area (Å²) < 4.78 is 6.80. The average molecular weight is 343 g/mol. The number of ether oxygens (including phenoxy) is 1. The number of hydrogen-bond donors (Lipinski definition) is 2. The molecule has 0 amide bonds. The Bertz CT molecular complexity index is 455. The van der Waals surface area contributed by atoms with E-state index in [-0.39, 0.29) is 24.9 Å². The fourth-order valence-corrected chi connectivity index (χ4v) is 3.04. The van der Waals surface area contributed by atoms with Crippen LogP contribution in [0.5, 0.6) is 0 Å². The van der Waals surface area contributed by atoms with Gasteiger partial charge in [0.25, 0.3) is 0 Å². The zero-order chi connectivity index (χ0) is 14.7. The molecule has 3 unspecified atom stereocenters. The SMILES string of the molecule is CNC(C)c1cc(Br)ccc1N1CC(C)OC(CO)C1. The Morgan fingerprint density at radius 2 is 2.25 bits per heavy atom. The summed E-state index contributed by atoms with van der Waals surface area (Å²) >= 11 is 3.54. The van der Waals surface area contributed by atoms with Gasteiger partial charge in [-0.3, -0.25) is 0 Å². The van der Waals surface area contributed by atoms with Crippen molar-refractivity contribution in [3.8, 4) is 0 Å². The van der Waals surface area contributed by atoms with Gasteiger partial charge < -0.3 is 20.1 Å². The van der Waals surface area contributed by atoms with Gasteiger partial charge in [0.1, 0.15) is 0 Å². The molecule has 20 heavy (non-hydrogen) atoms. The van der Waals surface area contributed by atoms with Crippen LogP contribution < -0.4 is 10.2 Å². The molecular formula is C15H23BrN2O2. The Kier molecular flexibility index (Phi) is 5.43. The third kappa shape index (κ3) is 3.52. The number of halogens is 1. The van der Waals surface area contributed by atoms with Crippen molar-refractivity contribution in [2.75, 3.05) is 31.6 Å². The number of aliphatic hydroxyl groups excluding tert-OH is 1. The van der Waals surface area contributed by atoms with E-state index in [1.165, 1.54) is 11.3 Å². The van der Waals surface area contributed by atoms with Crippen molar-refractivity contribution in [3.63, 3.8) is 0 Å². The minimum atomic E-state index is -0.111. The molecule has 1 aromatic carbocycles. The summed E-state index contributed by atoms with van der Waals surface area (Å²) in [5.41, 5.74) is 2.47. The molecule has 1 saturated heterocycles. The van der Waals surface area contributed by atoms with Gasteiger partial charge in [-0.25, -0.2) is 0 Å². The third-order valence-electron chi connectivity index (χ3n) is 3.76. The Hall–Kier alpha value is -0.620. The molecule has 1 aliphatic rings. The number of rotatable bonds is 4. The second-order valence-corrected chi connectivity index (χ2v) is 6.29. The lowest BCUT2D eigenvalue weighted by atomic mass is 10.0. The Balaban J connectivity index is 2.31. The van der Waals surface area contributed by atoms with Crippen molar-refractivity contribution >= 4 is 21.6 Å². The number of morpholine rings is 1. The number of nitrogens with one attached hydrogen (secondary N) is 1. The van der Waals surface area contributed by atoms with Gasteiger partial charge in [0.2, 0.25) is 0 Å². The largest absolute Gasteiger partial charge is 0.394 e. The highest BCUT2D eigenvalue weighted by atomic mass is 79.9. The van der Waals surface area contributed by atoms with E-state index in [0.717, 1.165) is 17.6 Å². The number of benzene rings is 1. The molecule has 5 heteroatoms. The van der Waals surface area contributed by atoms with Crippen molar-refractivity contribution in [2.24, 2.45) is 0 Å². The van der Waals surface area contributed by atoms with Crippen molar-refractivity contribution in [1.29, 1.82) is 0 Å². The molecule has 0 bridgehead atoms. The van der Waals surface area contributed by atoms with Crippen LogP contribution in [0.2, 0.25) is 0 Å². The van der Waals surface area contributed by atoms with Crippen LogP contribution in [0.1, 0.15) is 25.5 Å². The summed E-state index contributed by atoms with van der Waals surface area (Å²) in [6.45, 7) is 5.84. The number of hydrogen-bond acceptors (Lipinski definition) is 4. The van der Waals surface area contributed by atoms with Gasteiger partial charge in [-0.2, -0.15) is 0 Å². The van der Waals surface area contributed by atoms with Crippen LogP contribution in [0.25, 0.3) is 0 Å². The number of anilines is 1. The second-order valence-electron chi connectivity index (χ2n) is 5.37. The first-order valence-electron chi connectivity index (χ1n) is 7.03. The van der Waals surface area contributed by atoms with Crippen molar-refractivity contribution in [3.05, 3.63) is 28.2 Å². The van der Waals surface area contributed by atoms with E-state index in [4.69, 9.17) is 4.74 Å². The molecule has 3 atom stereocenters. The van der Waals surface area contributed by atoms with Gasteiger partial charge in [0.05, 0.1) is 18.8 Å². The van der Waals surface area contributed by atoms with Crippen LogP contribution in [0.4, 0.5) is 5.69 Å². The summed E-state index contributed by atoms with van der Waals surface area (Å²) in [7, 11) is 1.97. The first-order chi connectivity index (χ1) is 9.55. The lowest BCUT2D eigenvalue weighted by Crippen LogP contribution is -2.48. The predicted octanol–water partition coefficient (Wildman–Crippen LogP) is 2.32. The van der Waals surface area contributed by atoms with E-state index in [1.54, 1.807) is 0 Å². The Labute approximate surface area is 129 Å².